The molecule has 0 heteroatoms. The fourth-order valence-electron chi connectivity index (χ4n) is 2.36. The molecule has 1 saturated carbocycles. The lowest BCUT2D eigenvalue weighted by atomic mass is 9.88. The second-order valence-electron chi connectivity index (χ2n) is 4.81. The van der Waals surface area contributed by atoms with E-state index in [1.54, 1.807) is 0 Å². The predicted octanol–water partition coefficient (Wildman–Crippen LogP) is 4.56. The normalized spacial score (nSPS) is 22.1. The molecule has 0 amide bonds. The SMILES string of the molecule is CC=CC(C)CC1(CCCC)CC1. The Morgan fingerprint density at radius 3 is 2.54 bits per heavy atom. The number of rotatable bonds is 6. The maximum absolute atomic E-state index is 2.35. The Labute approximate surface area is 83.4 Å². The zero-order valence-electron chi connectivity index (χ0n) is 9.47. The van der Waals surface area contributed by atoms with Gasteiger partial charge in [-0.15, -0.1) is 0 Å². The van der Waals surface area contributed by atoms with E-state index < -0.39 is 0 Å². The van der Waals surface area contributed by atoms with Crippen LogP contribution in [0, 0.1) is 11.3 Å². The molecule has 0 nitrogen and oxygen atoms in total. The van der Waals surface area contributed by atoms with Gasteiger partial charge in [0.05, 0.1) is 0 Å². The Hall–Kier alpha value is -0.260. The van der Waals surface area contributed by atoms with Crippen molar-refractivity contribution in [2.45, 2.75) is 59.3 Å². The largest absolute Gasteiger partial charge is 0.0914 e. The zero-order chi connectivity index (χ0) is 9.73. The molecule has 0 spiro atoms. The highest BCUT2D eigenvalue weighted by molar-refractivity contribution is 4.97. The number of unbranched alkanes of at least 4 members (excludes halogenated alkanes) is 1. The molecular formula is C13H24. The minimum Gasteiger partial charge on any atom is -0.0914 e. The van der Waals surface area contributed by atoms with E-state index >= 15 is 0 Å². The van der Waals surface area contributed by atoms with Crippen LogP contribution in [-0.4, -0.2) is 0 Å². The van der Waals surface area contributed by atoms with Crippen LogP contribution in [0.2, 0.25) is 0 Å². The molecule has 0 aromatic rings. The van der Waals surface area contributed by atoms with Gasteiger partial charge in [-0.1, -0.05) is 38.8 Å². The summed E-state index contributed by atoms with van der Waals surface area (Å²) in [4.78, 5) is 0. The quantitative estimate of drug-likeness (QED) is 0.526. The first-order valence-corrected chi connectivity index (χ1v) is 5.85. The molecule has 1 aliphatic rings. The fraction of sp³-hybridized carbons (Fsp3) is 0.846. The van der Waals surface area contributed by atoms with Gasteiger partial charge in [-0.3, -0.25) is 0 Å². The summed E-state index contributed by atoms with van der Waals surface area (Å²) in [6.07, 6.45) is 13.2. The van der Waals surface area contributed by atoms with Crippen LogP contribution in [0.25, 0.3) is 0 Å². The van der Waals surface area contributed by atoms with Crippen molar-refractivity contribution in [3.05, 3.63) is 12.2 Å². The van der Waals surface area contributed by atoms with Crippen LogP contribution in [0.3, 0.4) is 0 Å². The van der Waals surface area contributed by atoms with Crippen molar-refractivity contribution in [2.24, 2.45) is 11.3 Å². The summed E-state index contributed by atoms with van der Waals surface area (Å²) in [5, 5.41) is 0. The molecule has 0 N–H and O–H groups in total. The van der Waals surface area contributed by atoms with Crippen LogP contribution in [0.5, 0.6) is 0 Å². The zero-order valence-corrected chi connectivity index (χ0v) is 9.47. The van der Waals surface area contributed by atoms with E-state index in [4.69, 9.17) is 0 Å². The topological polar surface area (TPSA) is 0 Å². The molecule has 76 valence electrons. The van der Waals surface area contributed by atoms with Gasteiger partial charge >= 0.3 is 0 Å². The van der Waals surface area contributed by atoms with Gasteiger partial charge < -0.3 is 0 Å². The first kappa shape index (κ1) is 10.8. The Morgan fingerprint density at radius 1 is 1.38 bits per heavy atom. The van der Waals surface area contributed by atoms with Crippen molar-refractivity contribution in [1.29, 1.82) is 0 Å². The molecule has 0 aromatic heterocycles. The lowest BCUT2D eigenvalue weighted by Crippen LogP contribution is -2.05. The maximum atomic E-state index is 2.35. The molecule has 1 unspecified atom stereocenters. The molecule has 1 atom stereocenters. The highest BCUT2D eigenvalue weighted by Gasteiger charge is 2.41. The number of allylic oxidation sites excluding steroid dienone is 2. The monoisotopic (exact) mass is 180 g/mol. The van der Waals surface area contributed by atoms with Gasteiger partial charge in [0.15, 0.2) is 0 Å². The molecule has 0 bridgehead atoms. The molecule has 0 aliphatic heterocycles. The third-order valence-electron chi connectivity index (χ3n) is 3.29. The summed E-state index contributed by atoms with van der Waals surface area (Å²) in [7, 11) is 0. The molecule has 0 heterocycles. The summed E-state index contributed by atoms with van der Waals surface area (Å²) >= 11 is 0. The van der Waals surface area contributed by atoms with Crippen LogP contribution in [0.15, 0.2) is 12.2 Å². The minimum absolute atomic E-state index is 0.773. The standard InChI is InChI=1S/C13H24/c1-4-6-8-13(9-10-13)11-12(3)7-5-2/h5,7,12H,4,6,8-11H2,1-3H3. The van der Waals surface area contributed by atoms with Crippen molar-refractivity contribution < 1.29 is 0 Å². The number of hydrogen-bond donors (Lipinski definition) is 0. The average Bonchev–Trinajstić information content (AvgIpc) is 2.82. The van der Waals surface area contributed by atoms with Crippen molar-refractivity contribution >= 4 is 0 Å². The van der Waals surface area contributed by atoms with E-state index in [0.717, 1.165) is 11.3 Å². The Morgan fingerprint density at radius 2 is 2.08 bits per heavy atom. The molecule has 1 fully saturated rings. The summed E-state index contributed by atoms with van der Waals surface area (Å²) in [5.41, 5.74) is 0.773. The van der Waals surface area contributed by atoms with Gasteiger partial charge in [0, 0.05) is 0 Å². The summed E-state index contributed by atoms with van der Waals surface area (Å²) in [5.74, 6) is 0.796. The second kappa shape index (κ2) is 4.83. The maximum Gasteiger partial charge on any atom is -0.0257 e. The fourth-order valence-corrected chi connectivity index (χ4v) is 2.36. The molecule has 0 aromatic carbocycles. The Bertz CT molecular complexity index is 163. The van der Waals surface area contributed by atoms with Gasteiger partial charge in [-0.05, 0) is 43.9 Å². The van der Waals surface area contributed by atoms with E-state index in [2.05, 4.69) is 32.9 Å². The highest BCUT2D eigenvalue weighted by Crippen LogP contribution is 2.54. The van der Waals surface area contributed by atoms with Gasteiger partial charge in [0.2, 0.25) is 0 Å². The van der Waals surface area contributed by atoms with E-state index in [-0.39, 0.29) is 0 Å². The molecule has 1 rings (SSSR count). The lowest BCUT2D eigenvalue weighted by Gasteiger charge is -2.17. The van der Waals surface area contributed by atoms with Gasteiger partial charge in [0.25, 0.3) is 0 Å². The first-order valence-electron chi connectivity index (χ1n) is 5.85. The van der Waals surface area contributed by atoms with Crippen molar-refractivity contribution in [2.75, 3.05) is 0 Å². The van der Waals surface area contributed by atoms with E-state index in [1.165, 1.54) is 38.5 Å². The lowest BCUT2D eigenvalue weighted by molar-refractivity contribution is 0.372. The molecular weight excluding hydrogens is 156 g/mol. The van der Waals surface area contributed by atoms with Crippen LogP contribution in [-0.2, 0) is 0 Å². The van der Waals surface area contributed by atoms with E-state index in [0.29, 0.717) is 0 Å². The highest BCUT2D eigenvalue weighted by atomic mass is 14.5. The molecule has 0 radical (unpaired) electrons. The minimum atomic E-state index is 0.773. The summed E-state index contributed by atoms with van der Waals surface area (Å²) < 4.78 is 0. The number of hydrogen-bond acceptors (Lipinski definition) is 0. The van der Waals surface area contributed by atoms with Gasteiger partial charge in [-0.25, -0.2) is 0 Å². The van der Waals surface area contributed by atoms with E-state index in [1.807, 2.05) is 0 Å². The van der Waals surface area contributed by atoms with Crippen LogP contribution in [0.4, 0.5) is 0 Å². The molecule has 13 heavy (non-hydrogen) atoms. The first-order chi connectivity index (χ1) is 6.22. The van der Waals surface area contributed by atoms with Crippen molar-refractivity contribution in [3.8, 4) is 0 Å². The Balaban J connectivity index is 2.26. The third-order valence-corrected chi connectivity index (χ3v) is 3.29. The summed E-state index contributed by atoms with van der Waals surface area (Å²) in [6.45, 7) is 6.78. The second-order valence-corrected chi connectivity index (χ2v) is 4.81. The van der Waals surface area contributed by atoms with Crippen LogP contribution in [0.1, 0.15) is 59.3 Å². The smallest absolute Gasteiger partial charge is 0.0257 e. The summed E-state index contributed by atoms with van der Waals surface area (Å²) in [6, 6.07) is 0. The van der Waals surface area contributed by atoms with Gasteiger partial charge in [-0.2, -0.15) is 0 Å². The van der Waals surface area contributed by atoms with Crippen molar-refractivity contribution in [1.82, 2.24) is 0 Å². The molecule has 0 saturated heterocycles. The molecule has 1 aliphatic carbocycles. The van der Waals surface area contributed by atoms with Crippen molar-refractivity contribution in [3.63, 3.8) is 0 Å². The van der Waals surface area contributed by atoms with Gasteiger partial charge in [0.1, 0.15) is 0 Å². The Kier molecular flexibility index (Phi) is 4.02. The average molecular weight is 180 g/mol. The predicted molar refractivity (Wildman–Crippen MR) is 59.8 cm³/mol. The van der Waals surface area contributed by atoms with Crippen LogP contribution >= 0.6 is 0 Å². The van der Waals surface area contributed by atoms with Crippen LogP contribution < -0.4 is 0 Å². The van der Waals surface area contributed by atoms with E-state index in [9.17, 15) is 0 Å². The third kappa shape index (κ3) is 3.54.